The molecule has 0 aliphatic rings. The van der Waals surface area contributed by atoms with Gasteiger partial charge in [-0.2, -0.15) is 4.98 Å². The number of halogens is 1. The molecule has 1 heterocycles. The van der Waals surface area contributed by atoms with Gasteiger partial charge < -0.3 is 4.74 Å². The molecule has 0 amide bonds. The Labute approximate surface area is 112 Å². The van der Waals surface area contributed by atoms with Crippen molar-refractivity contribution in [3.05, 3.63) is 16.5 Å². The predicted molar refractivity (Wildman–Crippen MR) is 73.4 cm³/mol. The highest BCUT2D eigenvalue weighted by Crippen LogP contribution is 2.24. The minimum atomic E-state index is -0.0735. The van der Waals surface area contributed by atoms with E-state index in [1.165, 1.54) is 0 Å². The van der Waals surface area contributed by atoms with Crippen molar-refractivity contribution in [1.29, 1.82) is 0 Å². The van der Waals surface area contributed by atoms with Gasteiger partial charge in [0.2, 0.25) is 5.88 Å². The first-order chi connectivity index (χ1) is 7.82. The van der Waals surface area contributed by atoms with Gasteiger partial charge in [0.1, 0.15) is 10.4 Å². The minimum Gasteiger partial charge on any atom is -0.475 e. The first-order valence-electron chi connectivity index (χ1n) is 6.04. The van der Waals surface area contributed by atoms with Gasteiger partial charge in [-0.3, -0.25) is 0 Å². The molecular formula is C13H21BrN2O. The summed E-state index contributed by atoms with van der Waals surface area (Å²) >= 11 is 3.40. The molecule has 0 N–H and O–H groups in total. The summed E-state index contributed by atoms with van der Waals surface area (Å²) < 4.78 is 6.56. The van der Waals surface area contributed by atoms with E-state index in [4.69, 9.17) is 4.74 Å². The average Bonchev–Trinajstić information content (AvgIpc) is 2.15. The van der Waals surface area contributed by atoms with E-state index in [9.17, 15) is 0 Å². The third-order valence-electron chi connectivity index (χ3n) is 2.36. The zero-order valence-corrected chi connectivity index (χ0v) is 12.8. The third-order valence-corrected chi connectivity index (χ3v) is 2.77. The van der Waals surface area contributed by atoms with Crippen molar-refractivity contribution >= 4 is 15.9 Å². The van der Waals surface area contributed by atoms with Crippen LogP contribution in [-0.2, 0) is 5.41 Å². The molecule has 1 unspecified atom stereocenters. The maximum atomic E-state index is 5.79. The van der Waals surface area contributed by atoms with Crippen LogP contribution in [0, 0.1) is 0 Å². The summed E-state index contributed by atoms with van der Waals surface area (Å²) in [7, 11) is 0. The van der Waals surface area contributed by atoms with Crippen LogP contribution in [-0.4, -0.2) is 16.1 Å². The van der Waals surface area contributed by atoms with E-state index in [0.29, 0.717) is 5.88 Å². The summed E-state index contributed by atoms with van der Waals surface area (Å²) in [5.41, 5.74) is -0.0735. The van der Waals surface area contributed by atoms with Crippen molar-refractivity contribution in [3.8, 4) is 5.88 Å². The molecule has 0 spiro atoms. The number of hydrogen-bond donors (Lipinski definition) is 0. The SMILES string of the molecule is CCCC(C)Oc1cc(Br)nc(C(C)(C)C)n1. The lowest BCUT2D eigenvalue weighted by molar-refractivity contribution is 0.199. The average molecular weight is 301 g/mol. The lowest BCUT2D eigenvalue weighted by atomic mass is 9.96. The number of nitrogens with zero attached hydrogens (tertiary/aromatic N) is 2. The Bertz CT molecular complexity index is 374. The lowest BCUT2D eigenvalue weighted by Crippen LogP contribution is -2.18. The quantitative estimate of drug-likeness (QED) is 0.785. The Morgan fingerprint density at radius 3 is 2.53 bits per heavy atom. The molecular weight excluding hydrogens is 280 g/mol. The molecule has 0 bridgehead atoms. The van der Waals surface area contributed by atoms with Crippen LogP contribution in [0.15, 0.2) is 10.7 Å². The highest BCUT2D eigenvalue weighted by molar-refractivity contribution is 9.10. The molecule has 1 aromatic heterocycles. The van der Waals surface area contributed by atoms with Crippen LogP contribution in [0.5, 0.6) is 5.88 Å². The molecule has 17 heavy (non-hydrogen) atoms. The zero-order valence-electron chi connectivity index (χ0n) is 11.2. The normalized spacial score (nSPS) is 13.5. The largest absolute Gasteiger partial charge is 0.475 e. The molecule has 3 nitrogen and oxygen atoms in total. The van der Waals surface area contributed by atoms with Gasteiger partial charge >= 0.3 is 0 Å². The maximum absolute atomic E-state index is 5.79. The third kappa shape index (κ3) is 4.62. The van der Waals surface area contributed by atoms with Crippen LogP contribution in [0.4, 0.5) is 0 Å². The highest BCUT2D eigenvalue weighted by Gasteiger charge is 2.19. The molecule has 0 saturated carbocycles. The molecule has 0 radical (unpaired) electrons. The van der Waals surface area contributed by atoms with Gasteiger partial charge in [0.05, 0.1) is 6.10 Å². The van der Waals surface area contributed by atoms with E-state index < -0.39 is 0 Å². The molecule has 0 aromatic carbocycles. The maximum Gasteiger partial charge on any atom is 0.218 e. The summed E-state index contributed by atoms with van der Waals surface area (Å²) in [5.74, 6) is 1.45. The van der Waals surface area contributed by atoms with Gasteiger partial charge in [-0.15, -0.1) is 0 Å². The van der Waals surface area contributed by atoms with Crippen molar-refractivity contribution in [1.82, 2.24) is 9.97 Å². The monoisotopic (exact) mass is 300 g/mol. The van der Waals surface area contributed by atoms with Crippen LogP contribution in [0.2, 0.25) is 0 Å². The number of aromatic nitrogens is 2. The molecule has 0 aliphatic carbocycles. The van der Waals surface area contributed by atoms with E-state index in [2.05, 4.69) is 60.5 Å². The molecule has 1 rings (SSSR count). The number of rotatable bonds is 4. The molecule has 96 valence electrons. The van der Waals surface area contributed by atoms with Gasteiger partial charge in [-0.25, -0.2) is 4.98 Å². The van der Waals surface area contributed by atoms with Gasteiger partial charge in [-0.05, 0) is 29.3 Å². The Kier molecular flexibility index (Phi) is 4.92. The van der Waals surface area contributed by atoms with Crippen molar-refractivity contribution in [2.75, 3.05) is 0 Å². The van der Waals surface area contributed by atoms with E-state index in [1.807, 2.05) is 6.07 Å². The summed E-state index contributed by atoms with van der Waals surface area (Å²) in [6.07, 6.45) is 2.33. The molecule has 1 atom stereocenters. The molecule has 4 heteroatoms. The fourth-order valence-corrected chi connectivity index (χ4v) is 1.83. The zero-order chi connectivity index (χ0) is 13.1. The topological polar surface area (TPSA) is 35.0 Å². The van der Waals surface area contributed by atoms with Crippen molar-refractivity contribution in [2.24, 2.45) is 0 Å². The Balaban J connectivity index is 2.90. The summed E-state index contributed by atoms with van der Waals surface area (Å²) in [4.78, 5) is 8.85. The fourth-order valence-electron chi connectivity index (χ4n) is 1.46. The smallest absolute Gasteiger partial charge is 0.218 e. The Hall–Kier alpha value is -0.640. The van der Waals surface area contributed by atoms with Crippen molar-refractivity contribution in [2.45, 2.75) is 59.0 Å². The van der Waals surface area contributed by atoms with Crippen LogP contribution >= 0.6 is 15.9 Å². The molecule has 0 saturated heterocycles. The van der Waals surface area contributed by atoms with Crippen molar-refractivity contribution in [3.63, 3.8) is 0 Å². The summed E-state index contributed by atoms with van der Waals surface area (Å²) in [6, 6.07) is 1.82. The lowest BCUT2D eigenvalue weighted by Gasteiger charge is -2.19. The van der Waals surface area contributed by atoms with Crippen LogP contribution in [0.3, 0.4) is 0 Å². The van der Waals surface area contributed by atoms with E-state index >= 15 is 0 Å². The van der Waals surface area contributed by atoms with Gasteiger partial charge in [0.25, 0.3) is 0 Å². The van der Waals surface area contributed by atoms with Crippen LogP contribution in [0.1, 0.15) is 53.3 Å². The molecule has 0 fully saturated rings. The second kappa shape index (κ2) is 5.80. The summed E-state index contributed by atoms with van der Waals surface area (Å²) in [5, 5.41) is 0. The predicted octanol–water partition coefficient (Wildman–Crippen LogP) is 4.10. The molecule has 0 aliphatic heterocycles. The van der Waals surface area contributed by atoms with Gasteiger partial charge in [0, 0.05) is 11.5 Å². The number of hydrogen-bond acceptors (Lipinski definition) is 3. The first-order valence-corrected chi connectivity index (χ1v) is 6.84. The van der Waals surface area contributed by atoms with Gasteiger partial charge in [0.15, 0.2) is 0 Å². The fraction of sp³-hybridized carbons (Fsp3) is 0.692. The van der Waals surface area contributed by atoms with E-state index in [-0.39, 0.29) is 11.5 Å². The van der Waals surface area contributed by atoms with Crippen molar-refractivity contribution < 1.29 is 4.74 Å². The van der Waals surface area contributed by atoms with Crippen LogP contribution in [0.25, 0.3) is 0 Å². The molecule has 1 aromatic rings. The highest BCUT2D eigenvalue weighted by atomic mass is 79.9. The standard InChI is InChI=1S/C13H21BrN2O/c1-6-7-9(2)17-11-8-10(14)15-12(16-11)13(3,4)5/h8-9H,6-7H2,1-5H3. The number of ether oxygens (including phenoxy) is 1. The Morgan fingerprint density at radius 1 is 1.35 bits per heavy atom. The van der Waals surface area contributed by atoms with Gasteiger partial charge in [-0.1, -0.05) is 34.1 Å². The second-order valence-corrected chi connectivity index (χ2v) is 6.13. The first kappa shape index (κ1) is 14.4. The van der Waals surface area contributed by atoms with E-state index in [1.54, 1.807) is 0 Å². The minimum absolute atomic E-state index is 0.0735. The van der Waals surface area contributed by atoms with Crippen LogP contribution < -0.4 is 4.74 Å². The Morgan fingerprint density at radius 2 is 2.00 bits per heavy atom. The second-order valence-electron chi connectivity index (χ2n) is 5.32. The summed E-state index contributed by atoms with van der Waals surface area (Å²) in [6.45, 7) is 10.5. The van der Waals surface area contributed by atoms with E-state index in [0.717, 1.165) is 23.3 Å².